The van der Waals surface area contributed by atoms with Crippen molar-refractivity contribution >= 4 is 17.3 Å². The summed E-state index contributed by atoms with van der Waals surface area (Å²) >= 11 is 0. The third kappa shape index (κ3) is 3.01. The van der Waals surface area contributed by atoms with Crippen LogP contribution >= 0.6 is 0 Å². The van der Waals surface area contributed by atoms with Crippen molar-refractivity contribution < 1.29 is 9.72 Å². The van der Waals surface area contributed by atoms with E-state index in [4.69, 9.17) is 0 Å². The fourth-order valence-corrected chi connectivity index (χ4v) is 3.52. The number of carbonyl (C=O) groups is 1. The summed E-state index contributed by atoms with van der Waals surface area (Å²) in [5, 5.41) is 21.4. The van der Waals surface area contributed by atoms with Crippen molar-refractivity contribution in [3.63, 3.8) is 0 Å². The molecule has 26 heavy (non-hydrogen) atoms. The fraction of sp³-hybridized carbons (Fsp3) is 0.412. The number of nitrogens with one attached hydrogen (secondary N) is 2. The Morgan fingerprint density at radius 3 is 2.81 bits per heavy atom. The minimum absolute atomic E-state index is 0.0510. The predicted molar refractivity (Wildman–Crippen MR) is 95.2 cm³/mol. The first-order valence-corrected chi connectivity index (χ1v) is 8.69. The van der Waals surface area contributed by atoms with Gasteiger partial charge in [0.05, 0.1) is 4.92 Å². The molecule has 0 atom stereocenters. The molecule has 0 bridgehead atoms. The van der Waals surface area contributed by atoms with Gasteiger partial charge in [-0.1, -0.05) is 6.07 Å². The molecule has 0 unspecified atom stereocenters. The summed E-state index contributed by atoms with van der Waals surface area (Å²) in [7, 11) is 0. The first-order valence-electron chi connectivity index (χ1n) is 8.69. The van der Waals surface area contributed by atoms with Gasteiger partial charge in [0, 0.05) is 74.8 Å². The monoisotopic (exact) mass is 356 g/mol. The summed E-state index contributed by atoms with van der Waals surface area (Å²) < 4.78 is 0. The Labute approximate surface area is 150 Å². The van der Waals surface area contributed by atoms with Crippen LogP contribution in [0, 0.1) is 10.1 Å². The number of H-pyrrole nitrogens is 1. The summed E-state index contributed by atoms with van der Waals surface area (Å²) in [6, 6.07) is 6.61. The zero-order valence-electron chi connectivity index (χ0n) is 14.3. The molecule has 1 amide bonds. The van der Waals surface area contributed by atoms with Gasteiger partial charge in [0.1, 0.15) is 0 Å². The molecular weight excluding hydrogens is 336 g/mol. The number of anilines is 1. The molecule has 0 spiro atoms. The second-order valence-corrected chi connectivity index (χ2v) is 6.51. The molecule has 1 fully saturated rings. The largest absolute Gasteiger partial charge is 0.368 e. The lowest BCUT2D eigenvalue weighted by Gasteiger charge is -2.35. The number of nitrogens with zero attached hydrogens (tertiary/aromatic N) is 4. The Bertz CT molecular complexity index is 841. The number of aromatic nitrogens is 2. The normalized spacial score (nSPS) is 17.1. The fourth-order valence-electron chi connectivity index (χ4n) is 3.52. The summed E-state index contributed by atoms with van der Waals surface area (Å²) in [6.45, 7) is 3.97. The van der Waals surface area contributed by atoms with E-state index < -0.39 is 4.92 Å². The van der Waals surface area contributed by atoms with E-state index in [-0.39, 0.29) is 11.6 Å². The molecule has 0 saturated carbocycles. The molecule has 2 aromatic rings. The second-order valence-electron chi connectivity index (χ2n) is 6.51. The van der Waals surface area contributed by atoms with Gasteiger partial charge in [0.25, 0.3) is 11.6 Å². The van der Waals surface area contributed by atoms with E-state index in [9.17, 15) is 14.9 Å². The number of aromatic amines is 1. The molecule has 0 aliphatic carbocycles. The van der Waals surface area contributed by atoms with Gasteiger partial charge < -0.3 is 15.1 Å². The van der Waals surface area contributed by atoms with Crippen molar-refractivity contribution in [2.24, 2.45) is 0 Å². The summed E-state index contributed by atoms with van der Waals surface area (Å²) in [6.07, 6.45) is 0.857. The number of hydrogen-bond acceptors (Lipinski definition) is 6. The predicted octanol–water partition coefficient (Wildman–Crippen LogP) is 0.926. The summed E-state index contributed by atoms with van der Waals surface area (Å²) in [5.74, 6) is -0.0510. The highest BCUT2D eigenvalue weighted by atomic mass is 16.6. The van der Waals surface area contributed by atoms with Crippen LogP contribution < -0.4 is 10.2 Å². The van der Waals surface area contributed by atoms with E-state index in [1.54, 1.807) is 17.0 Å². The molecule has 1 aromatic heterocycles. The van der Waals surface area contributed by atoms with Crippen LogP contribution in [0.2, 0.25) is 0 Å². The number of rotatable bonds is 3. The minimum Gasteiger partial charge on any atom is -0.368 e. The molecule has 136 valence electrons. The lowest BCUT2D eigenvalue weighted by molar-refractivity contribution is -0.384. The molecule has 3 heterocycles. The van der Waals surface area contributed by atoms with Crippen LogP contribution in [-0.2, 0) is 13.0 Å². The van der Waals surface area contributed by atoms with Crippen LogP contribution in [0.25, 0.3) is 0 Å². The number of nitro groups is 1. The lowest BCUT2D eigenvalue weighted by Crippen LogP contribution is -2.49. The average Bonchev–Trinajstić information content (AvgIpc) is 3.12. The van der Waals surface area contributed by atoms with Crippen molar-refractivity contribution in [2.75, 3.05) is 37.6 Å². The van der Waals surface area contributed by atoms with Crippen molar-refractivity contribution in [1.29, 1.82) is 0 Å². The van der Waals surface area contributed by atoms with Crippen LogP contribution in [0.3, 0.4) is 0 Å². The quantitative estimate of drug-likeness (QED) is 0.626. The van der Waals surface area contributed by atoms with Crippen LogP contribution in [0.1, 0.15) is 21.7 Å². The third-order valence-corrected chi connectivity index (χ3v) is 4.98. The summed E-state index contributed by atoms with van der Waals surface area (Å²) in [5.41, 5.74) is 3.42. The van der Waals surface area contributed by atoms with Gasteiger partial charge in [0.15, 0.2) is 5.69 Å². The van der Waals surface area contributed by atoms with E-state index >= 15 is 0 Å². The van der Waals surface area contributed by atoms with Crippen LogP contribution in [-0.4, -0.2) is 58.7 Å². The Morgan fingerprint density at radius 1 is 1.23 bits per heavy atom. The van der Waals surface area contributed by atoms with Crippen LogP contribution in [0.4, 0.5) is 11.4 Å². The first kappa shape index (κ1) is 16.5. The Hall–Kier alpha value is -2.94. The number of fused-ring (bicyclic) bond motifs is 1. The zero-order chi connectivity index (χ0) is 18.1. The molecule has 4 rings (SSSR count). The van der Waals surface area contributed by atoms with Crippen molar-refractivity contribution in [2.45, 2.75) is 13.0 Å². The molecular formula is C17H20N6O3. The van der Waals surface area contributed by atoms with Gasteiger partial charge in [-0.2, -0.15) is 5.10 Å². The Kier molecular flexibility index (Phi) is 4.29. The molecule has 2 aliphatic heterocycles. The Balaban J connectivity index is 1.44. The number of hydrogen-bond donors (Lipinski definition) is 2. The van der Waals surface area contributed by atoms with E-state index in [1.807, 2.05) is 6.07 Å². The highest BCUT2D eigenvalue weighted by molar-refractivity contribution is 5.94. The van der Waals surface area contributed by atoms with Crippen LogP contribution in [0.15, 0.2) is 24.3 Å². The van der Waals surface area contributed by atoms with E-state index in [0.29, 0.717) is 38.4 Å². The molecule has 9 nitrogen and oxygen atoms in total. The number of benzene rings is 1. The zero-order valence-corrected chi connectivity index (χ0v) is 14.3. The van der Waals surface area contributed by atoms with Crippen molar-refractivity contribution in [1.82, 2.24) is 20.4 Å². The van der Waals surface area contributed by atoms with Crippen molar-refractivity contribution in [3.05, 3.63) is 51.3 Å². The minimum atomic E-state index is -0.391. The molecule has 0 radical (unpaired) electrons. The number of non-ortho nitro benzene ring substituents is 1. The molecule has 1 saturated heterocycles. The topological polar surface area (TPSA) is 107 Å². The highest BCUT2D eigenvalue weighted by Crippen LogP contribution is 2.23. The van der Waals surface area contributed by atoms with Crippen LogP contribution in [0.5, 0.6) is 0 Å². The summed E-state index contributed by atoms with van der Waals surface area (Å²) in [4.78, 5) is 27.3. The number of piperazine rings is 1. The van der Waals surface area contributed by atoms with Gasteiger partial charge in [-0.3, -0.25) is 20.0 Å². The number of nitro benzene ring substituents is 1. The third-order valence-electron chi connectivity index (χ3n) is 4.98. The van der Waals surface area contributed by atoms with E-state index in [1.165, 1.54) is 6.07 Å². The molecule has 2 N–H and O–H groups in total. The van der Waals surface area contributed by atoms with E-state index in [2.05, 4.69) is 20.4 Å². The maximum Gasteiger partial charge on any atom is 0.274 e. The number of amides is 1. The molecule has 2 aliphatic rings. The highest BCUT2D eigenvalue weighted by Gasteiger charge is 2.28. The average molecular weight is 356 g/mol. The smallest absolute Gasteiger partial charge is 0.274 e. The van der Waals surface area contributed by atoms with Gasteiger partial charge in [-0.05, 0) is 6.07 Å². The number of carbonyl (C=O) groups excluding carboxylic acids is 1. The maximum atomic E-state index is 12.8. The van der Waals surface area contributed by atoms with Gasteiger partial charge in [0.2, 0.25) is 0 Å². The SMILES string of the molecule is O=C(c1n[nH]c2c1CNCC2)N1CCN(c2cccc([N+](=O)[O-])c2)CC1. The second kappa shape index (κ2) is 6.75. The standard InChI is InChI=1S/C17H20N6O3/c24-17(16-14-11-18-5-4-15(14)19-20-16)22-8-6-21(7-9-22)12-2-1-3-13(10-12)23(25)26/h1-3,10,18H,4-9,11H2,(H,19,20). The van der Waals surface area contributed by atoms with Gasteiger partial charge >= 0.3 is 0 Å². The molecule has 9 heteroatoms. The lowest BCUT2D eigenvalue weighted by atomic mass is 10.1. The van der Waals surface area contributed by atoms with Gasteiger partial charge in [-0.25, -0.2) is 0 Å². The van der Waals surface area contributed by atoms with E-state index in [0.717, 1.165) is 29.9 Å². The van der Waals surface area contributed by atoms with Gasteiger partial charge in [-0.15, -0.1) is 0 Å². The van der Waals surface area contributed by atoms with Crippen molar-refractivity contribution in [3.8, 4) is 0 Å². The maximum absolute atomic E-state index is 12.8. The molecule has 1 aromatic carbocycles. The first-order chi connectivity index (χ1) is 12.6. The Morgan fingerprint density at radius 2 is 2.04 bits per heavy atom.